The highest BCUT2D eigenvalue weighted by Crippen LogP contribution is 2.28. The van der Waals surface area contributed by atoms with Crippen LogP contribution in [0.1, 0.15) is 20.9 Å². The molecule has 0 aliphatic heterocycles. The van der Waals surface area contributed by atoms with Crippen molar-refractivity contribution in [3.8, 4) is 0 Å². The SMILES string of the molecule is COC(=O)c1sc(Nc2cc(C)cc(Br)c2)nc1C. The Morgan fingerprint density at radius 1 is 1.37 bits per heavy atom. The Bertz CT molecular complexity index is 605. The van der Waals surface area contributed by atoms with Gasteiger partial charge in [0.2, 0.25) is 0 Å². The highest BCUT2D eigenvalue weighted by molar-refractivity contribution is 9.10. The maximum absolute atomic E-state index is 11.5. The van der Waals surface area contributed by atoms with E-state index in [4.69, 9.17) is 4.74 Å². The van der Waals surface area contributed by atoms with Crippen LogP contribution in [0.25, 0.3) is 0 Å². The highest BCUT2D eigenvalue weighted by atomic mass is 79.9. The maximum atomic E-state index is 11.5. The number of aromatic nitrogens is 1. The molecule has 1 heterocycles. The average molecular weight is 341 g/mol. The first-order valence-corrected chi connectivity index (χ1v) is 7.20. The summed E-state index contributed by atoms with van der Waals surface area (Å²) in [6.45, 7) is 3.81. The van der Waals surface area contributed by atoms with E-state index in [-0.39, 0.29) is 5.97 Å². The third-order valence-corrected chi connectivity index (χ3v) is 3.97. The van der Waals surface area contributed by atoms with Gasteiger partial charge in [-0.2, -0.15) is 0 Å². The van der Waals surface area contributed by atoms with Gasteiger partial charge in [0.25, 0.3) is 0 Å². The van der Waals surface area contributed by atoms with E-state index in [9.17, 15) is 4.79 Å². The molecule has 0 aliphatic carbocycles. The largest absolute Gasteiger partial charge is 0.465 e. The number of esters is 1. The van der Waals surface area contributed by atoms with Crippen molar-refractivity contribution in [2.45, 2.75) is 13.8 Å². The summed E-state index contributed by atoms with van der Waals surface area (Å²) in [5, 5.41) is 3.87. The summed E-state index contributed by atoms with van der Waals surface area (Å²) in [5.74, 6) is -0.353. The molecule has 100 valence electrons. The number of rotatable bonds is 3. The lowest BCUT2D eigenvalue weighted by Gasteiger charge is -2.04. The van der Waals surface area contributed by atoms with Crippen LogP contribution in [0.2, 0.25) is 0 Å². The number of aryl methyl sites for hydroxylation is 2. The third kappa shape index (κ3) is 3.33. The lowest BCUT2D eigenvalue weighted by molar-refractivity contribution is 0.0605. The van der Waals surface area contributed by atoms with Crippen molar-refractivity contribution < 1.29 is 9.53 Å². The minimum absolute atomic E-state index is 0.353. The number of thiazole rings is 1. The number of nitrogens with zero attached hydrogens (tertiary/aromatic N) is 1. The van der Waals surface area contributed by atoms with Crippen LogP contribution < -0.4 is 5.32 Å². The van der Waals surface area contributed by atoms with Crippen molar-refractivity contribution >= 4 is 44.1 Å². The molecule has 19 heavy (non-hydrogen) atoms. The Balaban J connectivity index is 2.26. The van der Waals surface area contributed by atoms with Gasteiger partial charge in [0, 0.05) is 10.2 Å². The summed E-state index contributed by atoms with van der Waals surface area (Å²) in [7, 11) is 1.37. The summed E-state index contributed by atoms with van der Waals surface area (Å²) >= 11 is 4.74. The number of carbonyl (C=O) groups is 1. The van der Waals surface area contributed by atoms with Crippen molar-refractivity contribution in [2.24, 2.45) is 0 Å². The second-order valence-corrected chi connectivity index (χ2v) is 5.98. The van der Waals surface area contributed by atoms with Crippen molar-refractivity contribution in [3.63, 3.8) is 0 Å². The van der Waals surface area contributed by atoms with Crippen molar-refractivity contribution in [1.82, 2.24) is 4.98 Å². The topological polar surface area (TPSA) is 51.2 Å². The predicted octanol–water partition coefficient (Wildman–Crippen LogP) is 4.05. The minimum Gasteiger partial charge on any atom is -0.465 e. The Morgan fingerprint density at radius 2 is 2.11 bits per heavy atom. The molecule has 0 amide bonds. The molecule has 0 fully saturated rings. The molecule has 4 nitrogen and oxygen atoms in total. The molecule has 6 heteroatoms. The molecule has 0 bridgehead atoms. The van der Waals surface area contributed by atoms with Gasteiger partial charge in [-0.05, 0) is 37.6 Å². The van der Waals surface area contributed by atoms with Gasteiger partial charge in [-0.1, -0.05) is 27.3 Å². The number of benzene rings is 1. The van der Waals surface area contributed by atoms with E-state index in [0.29, 0.717) is 15.7 Å². The van der Waals surface area contributed by atoms with Crippen LogP contribution in [0.15, 0.2) is 22.7 Å². The second kappa shape index (κ2) is 5.71. The van der Waals surface area contributed by atoms with Gasteiger partial charge in [0.05, 0.1) is 12.8 Å². The Hall–Kier alpha value is -1.40. The highest BCUT2D eigenvalue weighted by Gasteiger charge is 2.15. The minimum atomic E-state index is -0.353. The van der Waals surface area contributed by atoms with Crippen LogP contribution in [0, 0.1) is 13.8 Å². The van der Waals surface area contributed by atoms with Gasteiger partial charge in [-0.25, -0.2) is 9.78 Å². The fourth-order valence-electron chi connectivity index (χ4n) is 1.66. The molecule has 2 aromatic rings. The second-order valence-electron chi connectivity index (χ2n) is 4.07. The molecule has 0 saturated carbocycles. The van der Waals surface area contributed by atoms with Gasteiger partial charge in [-0.3, -0.25) is 0 Å². The van der Waals surface area contributed by atoms with Crippen LogP contribution in [0.3, 0.4) is 0 Å². The average Bonchev–Trinajstić information content (AvgIpc) is 2.68. The lowest BCUT2D eigenvalue weighted by atomic mass is 10.2. The molecule has 0 saturated heterocycles. The van der Waals surface area contributed by atoms with E-state index in [1.807, 2.05) is 25.1 Å². The zero-order chi connectivity index (χ0) is 14.0. The summed E-state index contributed by atoms with van der Waals surface area (Å²) in [6, 6.07) is 6.00. The fourth-order valence-corrected chi connectivity index (χ4v) is 3.18. The molecule has 0 radical (unpaired) electrons. The molecule has 2 rings (SSSR count). The first kappa shape index (κ1) is 14.0. The van der Waals surface area contributed by atoms with Crippen molar-refractivity contribution in [1.29, 1.82) is 0 Å². The monoisotopic (exact) mass is 340 g/mol. The Labute approximate surface area is 124 Å². The van der Waals surface area contributed by atoms with E-state index >= 15 is 0 Å². The molecule has 0 aliphatic rings. The number of ether oxygens (including phenoxy) is 1. The standard InChI is InChI=1S/C13H13BrN2O2S/c1-7-4-9(14)6-10(5-7)16-13-15-8(2)11(19-13)12(17)18-3/h4-6H,1-3H3,(H,15,16). The van der Waals surface area contributed by atoms with Gasteiger partial charge in [0.1, 0.15) is 4.88 Å². The quantitative estimate of drug-likeness (QED) is 0.856. The van der Waals surface area contributed by atoms with Crippen molar-refractivity contribution in [3.05, 3.63) is 38.8 Å². The van der Waals surface area contributed by atoms with Crippen LogP contribution in [0.5, 0.6) is 0 Å². The summed E-state index contributed by atoms with van der Waals surface area (Å²) in [6.07, 6.45) is 0. The zero-order valence-electron chi connectivity index (χ0n) is 10.8. The fraction of sp³-hybridized carbons (Fsp3) is 0.231. The van der Waals surface area contributed by atoms with Gasteiger partial charge < -0.3 is 10.1 Å². The number of anilines is 2. The van der Waals surface area contributed by atoms with E-state index in [1.165, 1.54) is 18.4 Å². The molecular weight excluding hydrogens is 328 g/mol. The van der Waals surface area contributed by atoms with Crippen LogP contribution in [-0.2, 0) is 4.74 Å². The number of hydrogen-bond acceptors (Lipinski definition) is 5. The van der Waals surface area contributed by atoms with Crippen molar-refractivity contribution in [2.75, 3.05) is 12.4 Å². The van der Waals surface area contributed by atoms with Crippen LogP contribution in [-0.4, -0.2) is 18.1 Å². The molecule has 0 unspecified atom stereocenters. The van der Waals surface area contributed by atoms with E-state index in [2.05, 4.69) is 26.2 Å². The zero-order valence-corrected chi connectivity index (χ0v) is 13.2. The number of hydrogen-bond donors (Lipinski definition) is 1. The van der Waals surface area contributed by atoms with Gasteiger partial charge >= 0.3 is 5.97 Å². The Morgan fingerprint density at radius 3 is 2.74 bits per heavy atom. The molecule has 1 N–H and O–H groups in total. The van der Waals surface area contributed by atoms with Crippen LogP contribution >= 0.6 is 27.3 Å². The normalized spacial score (nSPS) is 10.3. The molecule has 1 aromatic heterocycles. The van der Waals surface area contributed by atoms with Gasteiger partial charge in [-0.15, -0.1) is 0 Å². The first-order chi connectivity index (χ1) is 8.99. The van der Waals surface area contributed by atoms with Gasteiger partial charge in [0.15, 0.2) is 5.13 Å². The lowest BCUT2D eigenvalue weighted by Crippen LogP contribution is -1.99. The molecule has 0 spiro atoms. The first-order valence-electron chi connectivity index (χ1n) is 5.59. The Kier molecular flexibility index (Phi) is 4.21. The molecule has 1 aromatic carbocycles. The smallest absolute Gasteiger partial charge is 0.350 e. The summed E-state index contributed by atoms with van der Waals surface area (Å²) in [4.78, 5) is 16.4. The summed E-state index contributed by atoms with van der Waals surface area (Å²) < 4.78 is 5.71. The third-order valence-electron chi connectivity index (χ3n) is 2.46. The number of nitrogens with one attached hydrogen (secondary N) is 1. The maximum Gasteiger partial charge on any atom is 0.350 e. The van der Waals surface area contributed by atoms with Crippen LogP contribution in [0.4, 0.5) is 10.8 Å². The number of carbonyl (C=O) groups excluding carboxylic acids is 1. The number of methoxy groups -OCH3 is 1. The van der Waals surface area contributed by atoms with E-state index in [0.717, 1.165) is 15.7 Å². The number of halogens is 1. The van der Waals surface area contributed by atoms with E-state index in [1.54, 1.807) is 6.92 Å². The summed E-state index contributed by atoms with van der Waals surface area (Å²) in [5.41, 5.74) is 2.74. The predicted molar refractivity (Wildman–Crippen MR) is 80.4 cm³/mol. The molecule has 0 atom stereocenters. The van der Waals surface area contributed by atoms with E-state index < -0.39 is 0 Å². The molecular formula is C13H13BrN2O2S.